The van der Waals surface area contributed by atoms with Crippen LogP contribution in [-0.4, -0.2) is 63.2 Å². The van der Waals surface area contributed by atoms with Crippen molar-refractivity contribution in [2.45, 2.75) is 11.4 Å². The first-order chi connectivity index (χ1) is 13.8. The zero-order valence-electron chi connectivity index (χ0n) is 16.4. The quantitative estimate of drug-likeness (QED) is 0.735. The number of carbonyl (C=O) groups is 2. The topological polar surface area (TPSA) is 98.8 Å². The van der Waals surface area contributed by atoms with E-state index in [0.717, 1.165) is 9.87 Å². The van der Waals surface area contributed by atoms with Crippen molar-refractivity contribution in [2.75, 3.05) is 39.0 Å². The fraction of sp³-hybridized carbons (Fsp3) is 0.300. The number of anilines is 1. The molecule has 2 amide bonds. The van der Waals surface area contributed by atoms with Gasteiger partial charge in [0.2, 0.25) is 15.9 Å². The van der Waals surface area contributed by atoms with Crippen LogP contribution >= 0.6 is 0 Å². The first kappa shape index (κ1) is 21.0. The summed E-state index contributed by atoms with van der Waals surface area (Å²) in [6.45, 7) is 0.891. The van der Waals surface area contributed by atoms with Gasteiger partial charge in [-0.2, -0.15) is 4.31 Å². The van der Waals surface area contributed by atoms with E-state index in [1.54, 1.807) is 6.07 Å². The molecule has 1 heterocycles. The van der Waals surface area contributed by atoms with Crippen LogP contribution in [0.2, 0.25) is 0 Å². The molecule has 154 valence electrons. The Hall–Kier alpha value is -2.75. The second kappa shape index (κ2) is 8.73. The zero-order chi connectivity index (χ0) is 21.0. The second-order valence-corrected chi connectivity index (χ2v) is 9.00. The van der Waals surface area contributed by atoms with Crippen molar-refractivity contribution >= 4 is 27.5 Å². The lowest BCUT2D eigenvalue weighted by Crippen LogP contribution is -2.49. The van der Waals surface area contributed by atoms with Gasteiger partial charge in [0.15, 0.2) is 0 Å². The van der Waals surface area contributed by atoms with E-state index < -0.39 is 15.9 Å². The van der Waals surface area contributed by atoms with Gasteiger partial charge in [0.1, 0.15) is 0 Å². The number of nitrogens with zero attached hydrogens (tertiary/aromatic N) is 2. The summed E-state index contributed by atoms with van der Waals surface area (Å²) in [4.78, 5) is 26.3. The zero-order valence-corrected chi connectivity index (χ0v) is 17.2. The summed E-state index contributed by atoms with van der Waals surface area (Å²) in [7, 11) is 0.0145. The molecule has 0 aromatic heterocycles. The highest BCUT2D eigenvalue weighted by Gasteiger charge is 2.29. The third-order valence-corrected chi connectivity index (χ3v) is 6.33. The monoisotopic (exact) mass is 416 g/mol. The molecule has 0 radical (unpaired) electrons. The van der Waals surface area contributed by atoms with Gasteiger partial charge in [-0.1, -0.05) is 24.3 Å². The van der Waals surface area contributed by atoms with Crippen molar-refractivity contribution in [3.8, 4) is 0 Å². The van der Waals surface area contributed by atoms with Crippen LogP contribution in [0.15, 0.2) is 53.4 Å². The summed E-state index contributed by atoms with van der Waals surface area (Å²) in [6, 6.07) is 13.3. The van der Waals surface area contributed by atoms with E-state index in [-0.39, 0.29) is 36.0 Å². The molecule has 0 unspecified atom stereocenters. The highest BCUT2D eigenvalue weighted by molar-refractivity contribution is 7.89. The normalized spacial score (nSPS) is 15.2. The Morgan fingerprint density at radius 3 is 2.66 bits per heavy atom. The van der Waals surface area contributed by atoms with Crippen molar-refractivity contribution in [1.29, 1.82) is 0 Å². The summed E-state index contributed by atoms with van der Waals surface area (Å²) < 4.78 is 26.8. The van der Waals surface area contributed by atoms with Crippen molar-refractivity contribution < 1.29 is 18.0 Å². The van der Waals surface area contributed by atoms with Gasteiger partial charge in [0, 0.05) is 30.9 Å². The molecule has 0 aliphatic carbocycles. The molecular formula is C20H24N4O4S. The molecule has 9 heteroatoms. The fourth-order valence-corrected chi connectivity index (χ4v) is 4.53. The number of hydrogen-bond donors (Lipinski definition) is 2. The molecule has 0 spiro atoms. The van der Waals surface area contributed by atoms with Crippen molar-refractivity contribution in [3.05, 3.63) is 59.7 Å². The van der Waals surface area contributed by atoms with Crippen molar-refractivity contribution in [2.24, 2.45) is 0 Å². The lowest BCUT2D eigenvalue weighted by Gasteiger charge is -2.26. The van der Waals surface area contributed by atoms with E-state index in [1.807, 2.05) is 43.3 Å². The third-order valence-electron chi connectivity index (χ3n) is 4.49. The van der Waals surface area contributed by atoms with Crippen molar-refractivity contribution in [1.82, 2.24) is 14.5 Å². The first-order valence-corrected chi connectivity index (χ1v) is 10.6. The number of piperazine rings is 1. The highest BCUT2D eigenvalue weighted by Crippen LogP contribution is 2.20. The minimum Gasteiger partial charge on any atom is -0.354 e. The Balaban J connectivity index is 1.83. The molecule has 2 aromatic rings. The first-order valence-electron chi connectivity index (χ1n) is 9.18. The van der Waals surface area contributed by atoms with Gasteiger partial charge in [-0.25, -0.2) is 8.42 Å². The summed E-state index contributed by atoms with van der Waals surface area (Å²) in [5, 5.41) is 5.46. The van der Waals surface area contributed by atoms with Gasteiger partial charge >= 0.3 is 0 Å². The summed E-state index contributed by atoms with van der Waals surface area (Å²) in [6.07, 6.45) is 0. The molecular weight excluding hydrogens is 392 g/mol. The van der Waals surface area contributed by atoms with Gasteiger partial charge < -0.3 is 15.5 Å². The van der Waals surface area contributed by atoms with E-state index in [1.165, 1.54) is 18.2 Å². The number of sulfonamides is 1. The maximum Gasteiger partial charge on any atom is 0.255 e. The average molecular weight is 417 g/mol. The average Bonchev–Trinajstić information content (AvgIpc) is 2.69. The standard InChI is InChI=1S/C20H24N4O4S/c1-23(2)13-16-6-3-4-9-18(16)22-20(26)15-7-5-8-17(12-15)29(27,28)24-11-10-21-19(25)14-24/h3-9,12H,10-11,13-14H2,1-2H3,(H,21,25)(H,22,26). The minimum absolute atomic E-state index is 0.0126. The van der Waals surface area contributed by atoms with E-state index >= 15 is 0 Å². The lowest BCUT2D eigenvalue weighted by molar-refractivity contribution is -0.122. The predicted molar refractivity (Wildman–Crippen MR) is 110 cm³/mol. The lowest BCUT2D eigenvalue weighted by atomic mass is 10.1. The smallest absolute Gasteiger partial charge is 0.255 e. The van der Waals surface area contributed by atoms with Crippen LogP contribution in [0.3, 0.4) is 0 Å². The van der Waals surface area contributed by atoms with Gasteiger partial charge in [-0.05, 0) is 43.9 Å². The van der Waals surface area contributed by atoms with E-state index in [4.69, 9.17) is 0 Å². The fourth-order valence-electron chi connectivity index (χ4n) is 3.08. The second-order valence-electron chi connectivity index (χ2n) is 7.07. The van der Waals surface area contributed by atoms with E-state index in [2.05, 4.69) is 10.6 Å². The van der Waals surface area contributed by atoms with Gasteiger partial charge in [0.25, 0.3) is 5.91 Å². The number of carbonyl (C=O) groups excluding carboxylic acids is 2. The molecule has 2 N–H and O–H groups in total. The highest BCUT2D eigenvalue weighted by atomic mass is 32.2. The summed E-state index contributed by atoms with van der Waals surface area (Å²) in [5.74, 6) is -0.740. The van der Waals surface area contributed by atoms with E-state index in [9.17, 15) is 18.0 Å². The number of para-hydroxylation sites is 1. The maximum absolute atomic E-state index is 12.9. The van der Waals surface area contributed by atoms with Crippen LogP contribution in [0.1, 0.15) is 15.9 Å². The number of nitrogens with one attached hydrogen (secondary N) is 2. The Bertz CT molecular complexity index is 1020. The molecule has 8 nitrogen and oxygen atoms in total. The SMILES string of the molecule is CN(C)Cc1ccccc1NC(=O)c1cccc(S(=O)(=O)N2CCNC(=O)C2)c1. The minimum atomic E-state index is -3.86. The molecule has 1 aliphatic rings. The Morgan fingerprint density at radius 1 is 1.17 bits per heavy atom. The third kappa shape index (κ3) is 5.00. The van der Waals surface area contributed by atoms with Gasteiger partial charge in [-0.15, -0.1) is 0 Å². The van der Waals surface area contributed by atoms with Crippen LogP contribution in [0.5, 0.6) is 0 Å². The Kier molecular flexibility index (Phi) is 6.31. The number of rotatable bonds is 6. The van der Waals surface area contributed by atoms with Crippen LogP contribution in [0, 0.1) is 0 Å². The summed E-state index contributed by atoms with van der Waals surface area (Å²) >= 11 is 0. The van der Waals surface area contributed by atoms with E-state index in [0.29, 0.717) is 12.2 Å². The van der Waals surface area contributed by atoms with Crippen LogP contribution in [0.4, 0.5) is 5.69 Å². The molecule has 1 fully saturated rings. The Morgan fingerprint density at radius 2 is 1.93 bits per heavy atom. The number of amides is 2. The van der Waals surface area contributed by atoms with Crippen LogP contribution < -0.4 is 10.6 Å². The number of benzene rings is 2. The molecule has 0 bridgehead atoms. The molecule has 0 saturated carbocycles. The van der Waals surface area contributed by atoms with Gasteiger partial charge in [-0.3, -0.25) is 9.59 Å². The summed E-state index contributed by atoms with van der Waals surface area (Å²) in [5.41, 5.74) is 1.85. The molecule has 1 saturated heterocycles. The predicted octanol–water partition coefficient (Wildman–Crippen LogP) is 1.12. The molecule has 1 aliphatic heterocycles. The molecule has 3 rings (SSSR count). The van der Waals surface area contributed by atoms with Crippen molar-refractivity contribution in [3.63, 3.8) is 0 Å². The molecule has 29 heavy (non-hydrogen) atoms. The largest absolute Gasteiger partial charge is 0.354 e. The van der Waals surface area contributed by atoms with Crippen LogP contribution in [-0.2, 0) is 21.4 Å². The maximum atomic E-state index is 12.9. The molecule has 2 aromatic carbocycles. The Labute approximate surface area is 170 Å². The molecule has 0 atom stereocenters. The van der Waals surface area contributed by atoms with Gasteiger partial charge in [0.05, 0.1) is 11.4 Å². The number of hydrogen-bond acceptors (Lipinski definition) is 5. The van der Waals surface area contributed by atoms with Crippen LogP contribution in [0.25, 0.3) is 0 Å².